The zero-order valence-electron chi connectivity index (χ0n) is 15.0. The van der Waals surface area contributed by atoms with E-state index in [9.17, 15) is 5.11 Å². The molecule has 2 unspecified atom stereocenters. The molecule has 0 radical (unpaired) electrons. The summed E-state index contributed by atoms with van der Waals surface area (Å²) >= 11 is 0. The average molecular weight is 330 g/mol. The Labute approximate surface area is 151 Å². The molecule has 0 aliphatic carbocycles. The van der Waals surface area contributed by atoms with Gasteiger partial charge in [0.25, 0.3) is 0 Å². The number of rotatable bonds is 6. The van der Waals surface area contributed by atoms with Gasteiger partial charge in [-0.2, -0.15) is 0 Å². The lowest BCUT2D eigenvalue weighted by molar-refractivity contribution is 0.450. The topological polar surface area (TPSA) is 20.2 Å². The number of hydrogen-bond donors (Lipinski definition) is 1. The largest absolute Gasteiger partial charge is 0.507 e. The summed E-state index contributed by atoms with van der Waals surface area (Å²) in [6.07, 6.45) is 1.87. The summed E-state index contributed by atoms with van der Waals surface area (Å²) in [4.78, 5) is 0. The van der Waals surface area contributed by atoms with E-state index < -0.39 is 0 Å². The van der Waals surface area contributed by atoms with E-state index in [-0.39, 0.29) is 11.8 Å². The maximum absolute atomic E-state index is 10.9. The Bertz CT molecular complexity index is 727. The fraction of sp³-hybridized carbons (Fsp3) is 0.250. The van der Waals surface area contributed by atoms with Crippen molar-refractivity contribution in [1.29, 1.82) is 0 Å². The third-order valence-electron chi connectivity index (χ3n) is 4.93. The van der Waals surface area contributed by atoms with Crippen molar-refractivity contribution in [2.75, 3.05) is 0 Å². The van der Waals surface area contributed by atoms with Crippen LogP contribution < -0.4 is 0 Å². The second-order valence-electron chi connectivity index (χ2n) is 6.97. The van der Waals surface area contributed by atoms with Crippen molar-refractivity contribution in [3.05, 3.63) is 101 Å². The van der Waals surface area contributed by atoms with Gasteiger partial charge in [0.05, 0.1) is 0 Å². The highest BCUT2D eigenvalue weighted by Crippen LogP contribution is 2.36. The summed E-state index contributed by atoms with van der Waals surface area (Å²) in [6.45, 7) is 4.38. The molecular weight excluding hydrogens is 304 g/mol. The number of para-hydroxylation sites is 1. The Kier molecular flexibility index (Phi) is 5.55. The van der Waals surface area contributed by atoms with Gasteiger partial charge in [0, 0.05) is 0 Å². The van der Waals surface area contributed by atoms with Crippen molar-refractivity contribution < 1.29 is 5.11 Å². The number of aromatic hydroxyl groups is 1. The molecule has 0 spiro atoms. The molecule has 0 bridgehead atoms. The highest BCUT2D eigenvalue weighted by molar-refractivity contribution is 5.45. The quantitative estimate of drug-likeness (QED) is 0.580. The third kappa shape index (κ3) is 4.30. The Balaban J connectivity index is 1.79. The van der Waals surface area contributed by atoms with Gasteiger partial charge >= 0.3 is 0 Å². The van der Waals surface area contributed by atoms with E-state index in [2.05, 4.69) is 80.6 Å². The van der Waals surface area contributed by atoms with Crippen molar-refractivity contribution in [2.24, 2.45) is 0 Å². The number of benzene rings is 3. The first-order valence-corrected chi connectivity index (χ1v) is 9.04. The zero-order chi connectivity index (χ0) is 17.6. The molecule has 0 aromatic heterocycles. The lowest BCUT2D eigenvalue weighted by Gasteiger charge is -2.19. The van der Waals surface area contributed by atoms with Crippen molar-refractivity contribution in [3.8, 4) is 5.75 Å². The van der Waals surface area contributed by atoms with E-state index in [1.807, 2.05) is 12.1 Å². The van der Waals surface area contributed by atoms with Crippen LogP contribution in [0.3, 0.4) is 0 Å². The number of phenolic OH excluding ortho intramolecular Hbond substituents is 1. The van der Waals surface area contributed by atoms with Gasteiger partial charge in [0.2, 0.25) is 0 Å². The van der Waals surface area contributed by atoms with Crippen LogP contribution in [0.5, 0.6) is 5.75 Å². The van der Waals surface area contributed by atoms with Crippen LogP contribution >= 0.6 is 0 Å². The van der Waals surface area contributed by atoms with Crippen LogP contribution in [0, 0.1) is 0 Å². The molecule has 0 aliphatic heterocycles. The normalized spacial score (nSPS) is 13.4. The van der Waals surface area contributed by atoms with E-state index in [0.717, 1.165) is 24.0 Å². The van der Waals surface area contributed by atoms with Crippen molar-refractivity contribution in [1.82, 2.24) is 0 Å². The standard InChI is InChI=1S/C24H26O/c1-18(16-20-10-5-3-6-11-20)22-14-9-15-23(24(22)25)19(2)17-21-12-7-4-8-13-21/h3-15,18-19,25H,16-17H2,1-2H3. The summed E-state index contributed by atoms with van der Waals surface area (Å²) in [5.41, 5.74) is 4.69. The minimum absolute atomic E-state index is 0.284. The molecule has 0 amide bonds. The lowest BCUT2D eigenvalue weighted by Crippen LogP contribution is -2.04. The predicted octanol–water partition coefficient (Wildman–Crippen LogP) is 6.08. The van der Waals surface area contributed by atoms with Crippen LogP contribution in [0.1, 0.15) is 47.9 Å². The van der Waals surface area contributed by atoms with E-state index in [1.165, 1.54) is 11.1 Å². The van der Waals surface area contributed by atoms with Crippen molar-refractivity contribution in [3.63, 3.8) is 0 Å². The van der Waals surface area contributed by atoms with Crippen LogP contribution in [0.4, 0.5) is 0 Å². The van der Waals surface area contributed by atoms with E-state index >= 15 is 0 Å². The maximum Gasteiger partial charge on any atom is 0.122 e. The van der Waals surface area contributed by atoms with Gasteiger partial charge in [0.15, 0.2) is 0 Å². The molecule has 0 aliphatic rings. The molecule has 2 atom stereocenters. The van der Waals surface area contributed by atoms with Gasteiger partial charge in [-0.15, -0.1) is 0 Å². The van der Waals surface area contributed by atoms with Gasteiger partial charge in [-0.1, -0.05) is 92.7 Å². The van der Waals surface area contributed by atoms with Crippen molar-refractivity contribution >= 4 is 0 Å². The second kappa shape index (κ2) is 8.02. The molecule has 3 rings (SSSR count). The maximum atomic E-state index is 10.9. The number of phenols is 1. The molecule has 25 heavy (non-hydrogen) atoms. The fourth-order valence-corrected chi connectivity index (χ4v) is 3.53. The van der Waals surface area contributed by atoms with Gasteiger partial charge in [-0.3, -0.25) is 0 Å². The minimum Gasteiger partial charge on any atom is -0.507 e. The fourth-order valence-electron chi connectivity index (χ4n) is 3.53. The van der Waals surface area contributed by atoms with Crippen LogP contribution in [-0.4, -0.2) is 5.11 Å². The van der Waals surface area contributed by atoms with Gasteiger partial charge < -0.3 is 5.11 Å². The Morgan fingerprint density at radius 1 is 0.600 bits per heavy atom. The monoisotopic (exact) mass is 330 g/mol. The molecule has 0 saturated carbocycles. The Morgan fingerprint density at radius 3 is 1.40 bits per heavy atom. The summed E-state index contributed by atoms with van der Waals surface area (Å²) in [7, 11) is 0. The van der Waals surface area contributed by atoms with Crippen molar-refractivity contribution in [2.45, 2.75) is 38.5 Å². The highest BCUT2D eigenvalue weighted by atomic mass is 16.3. The second-order valence-corrected chi connectivity index (χ2v) is 6.97. The van der Waals surface area contributed by atoms with Gasteiger partial charge in [-0.25, -0.2) is 0 Å². The lowest BCUT2D eigenvalue weighted by atomic mass is 9.87. The highest BCUT2D eigenvalue weighted by Gasteiger charge is 2.17. The molecule has 1 nitrogen and oxygen atoms in total. The average Bonchev–Trinajstić information content (AvgIpc) is 2.63. The third-order valence-corrected chi connectivity index (χ3v) is 4.93. The molecule has 128 valence electrons. The van der Waals surface area contributed by atoms with E-state index in [1.54, 1.807) is 0 Å². The first kappa shape index (κ1) is 17.3. The van der Waals surface area contributed by atoms with Crippen LogP contribution in [0.25, 0.3) is 0 Å². The van der Waals surface area contributed by atoms with Gasteiger partial charge in [-0.05, 0) is 46.9 Å². The molecular formula is C24H26O. The summed E-state index contributed by atoms with van der Waals surface area (Å²) in [6, 6.07) is 27.1. The molecule has 1 N–H and O–H groups in total. The molecule has 0 fully saturated rings. The summed E-state index contributed by atoms with van der Waals surface area (Å²) < 4.78 is 0. The zero-order valence-corrected chi connectivity index (χ0v) is 15.0. The smallest absolute Gasteiger partial charge is 0.122 e. The SMILES string of the molecule is CC(Cc1ccccc1)c1cccc(C(C)Cc2ccccc2)c1O. The molecule has 3 aromatic carbocycles. The van der Waals surface area contributed by atoms with E-state index in [4.69, 9.17) is 0 Å². The number of hydrogen-bond acceptors (Lipinski definition) is 1. The Morgan fingerprint density at radius 2 is 1.00 bits per heavy atom. The molecule has 0 heterocycles. The first-order valence-electron chi connectivity index (χ1n) is 9.04. The molecule has 3 aromatic rings. The van der Waals surface area contributed by atoms with Crippen LogP contribution in [0.2, 0.25) is 0 Å². The first-order chi connectivity index (χ1) is 12.1. The van der Waals surface area contributed by atoms with Crippen LogP contribution in [-0.2, 0) is 12.8 Å². The summed E-state index contributed by atoms with van der Waals surface area (Å²) in [5, 5.41) is 10.9. The van der Waals surface area contributed by atoms with E-state index in [0.29, 0.717) is 5.75 Å². The van der Waals surface area contributed by atoms with Crippen LogP contribution in [0.15, 0.2) is 78.9 Å². The summed E-state index contributed by atoms with van der Waals surface area (Å²) in [5.74, 6) is 1.03. The molecule has 0 saturated heterocycles. The Hall–Kier alpha value is -2.54. The molecule has 1 heteroatoms. The predicted molar refractivity (Wildman–Crippen MR) is 105 cm³/mol. The minimum atomic E-state index is 0.284. The van der Waals surface area contributed by atoms with Gasteiger partial charge in [0.1, 0.15) is 5.75 Å².